The molecule has 2 fully saturated rings. The molecule has 1 saturated heterocycles. The summed E-state index contributed by atoms with van der Waals surface area (Å²) in [7, 11) is 2.13. The molecular weight excluding hydrogens is 282 g/mol. The fourth-order valence-corrected chi connectivity index (χ4v) is 2.73. The van der Waals surface area contributed by atoms with E-state index in [1.165, 1.54) is 0 Å². The minimum absolute atomic E-state index is 0.0894. The van der Waals surface area contributed by atoms with Gasteiger partial charge in [0, 0.05) is 38.8 Å². The highest BCUT2D eigenvalue weighted by atomic mass is 16.6. The van der Waals surface area contributed by atoms with E-state index in [-0.39, 0.29) is 16.7 Å². The zero-order chi connectivity index (χ0) is 15.7. The second-order valence-corrected chi connectivity index (χ2v) is 6.40. The van der Waals surface area contributed by atoms with Gasteiger partial charge in [-0.3, -0.25) is 15.0 Å². The number of likely N-dealkylation sites (N-methyl/N-ethyl adjacent to an activating group) is 1. The van der Waals surface area contributed by atoms with Crippen molar-refractivity contribution in [3.05, 3.63) is 33.4 Å². The van der Waals surface area contributed by atoms with Gasteiger partial charge in [-0.25, -0.2) is 0 Å². The van der Waals surface area contributed by atoms with Crippen LogP contribution in [0.3, 0.4) is 0 Å². The predicted molar refractivity (Wildman–Crippen MR) is 84.3 cm³/mol. The van der Waals surface area contributed by atoms with Crippen LogP contribution in [0.5, 0.6) is 5.75 Å². The SMILES string of the molecule is Cc1cc([N+](=O)[O-])c(OC2CC2)cc1CN1CCN(C)CC1. The molecule has 1 heterocycles. The maximum absolute atomic E-state index is 11.2. The minimum Gasteiger partial charge on any atom is -0.483 e. The highest BCUT2D eigenvalue weighted by Crippen LogP contribution is 2.35. The molecule has 2 aliphatic rings. The first kappa shape index (κ1) is 15.2. The number of rotatable bonds is 5. The van der Waals surface area contributed by atoms with Gasteiger partial charge in [0.15, 0.2) is 5.75 Å². The largest absolute Gasteiger partial charge is 0.483 e. The fraction of sp³-hybridized carbons (Fsp3) is 0.625. The molecular formula is C16H23N3O3. The molecule has 1 saturated carbocycles. The summed E-state index contributed by atoms with van der Waals surface area (Å²) >= 11 is 0. The molecule has 0 N–H and O–H groups in total. The molecule has 22 heavy (non-hydrogen) atoms. The van der Waals surface area contributed by atoms with Gasteiger partial charge in [-0.2, -0.15) is 0 Å². The van der Waals surface area contributed by atoms with Crippen LogP contribution >= 0.6 is 0 Å². The molecule has 1 aromatic carbocycles. The summed E-state index contributed by atoms with van der Waals surface area (Å²) in [6, 6.07) is 3.53. The Kier molecular flexibility index (Phi) is 4.31. The molecule has 0 aromatic heterocycles. The molecule has 1 aliphatic heterocycles. The third-order valence-corrected chi connectivity index (χ3v) is 4.42. The molecule has 0 atom stereocenters. The van der Waals surface area contributed by atoms with E-state index >= 15 is 0 Å². The zero-order valence-corrected chi connectivity index (χ0v) is 13.2. The van der Waals surface area contributed by atoms with Crippen molar-refractivity contribution in [2.45, 2.75) is 32.4 Å². The van der Waals surface area contributed by atoms with Crippen LogP contribution in [0.15, 0.2) is 12.1 Å². The predicted octanol–water partition coefficient (Wildman–Crippen LogP) is 2.19. The minimum atomic E-state index is -0.343. The standard InChI is InChI=1S/C16H23N3O3/c1-12-9-15(19(20)21)16(22-14-3-4-14)10-13(12)11-18-7-5-17(2)6-8-18/h9-10,14H,3-8,11H2,1-2H3. The first-order chi connectivity index (χ1) is 10.5. The highest BCUT2D eigenvalue weighted by Gasteiger charge is 2.28. The summed E-state index contributed by atoms with van der Waals surface area (Å²) in [5.74, 6) is 0.433. The van der Waals surface area contributed by atoms with Crippen molar-refractivity contribution in [1.82, 2.24) is 9.80 Å². The van der Waals surface area contributed by atoms with Crippen LogP contribution in [0.4, 0.5) is 5.69 Å². The summed E-state index contributed by atoms with van der Waals surface area (Å²) in [6.45, 7) is 6.98. The number of aryl methyl sites for hydroxylation is 1. The lowest BCUT2D eigenvalue weighted by molar-refractivity contribution is -0.386. The van der Waals surface area contributed by atoms with Gasteiger partial charge in [-0.05, 0) is 44.0 Å². The zero-order valence-electron chi connectivity index (χ0n) is 13.2. The topological polar surface area (TPSA) is 58.9 Å². The van der Waals surface area contributed by atoms with Crippen molar-refractivity contribution in [2.24, 2.45) is 0 Å². The molecule has 6 heteroatoms. The molecule has 0 amide bonds. The summed E-state index contributed by atoms with van der Waals surface area (Å²) in [5, 5.41) is 11.2. The van der Waals surface area contributed by atoms with Gasteiger partial charge in [-0.15, -0.1) is 0 Å². The van der Waals surface area contributed by atoms with E-state index in [1.807, 2.05) is 13.0 Å². The number of hydrogen-bond donors (Lipinski definition) is 0. The van der Waals surface area contributed by atoms with E-state index < -0.39 is 0 Å². The van der Waals surface area contributed by atoms with Crippen LogP contribution in [0, 0.1) is 17.0 Å². The number of ether oxygens (including phenoxy) is 1. The van der Waals surface area contributed by atoms with Crippen molar-refractivity contribution in [3.8, 4) is 5.75 Å². The summed E-state index contributed by atoms with van der Waals surface area (Å²) in [5.41, 5.74) is 2.19. The Morgan fingerprint density at radius 2 is 1.95 bits per heavy atom. The monoisotopic (exact) mass is 305 g/mol. The Bertz CT molecular complexity index is 564. The lowest BCUT2D eigenvalue weighted by Crippen LogP contribution is -2.43. The Morgan fingerprint density at radius 3 is 2.55 bits per heavy atom. The van der Waals surface area contributed by atoms with Crippen molar-refractivity contribution >= 4 is 5.69 Å². The van der Waals surface area contributed by atoms with Gasteiger partial charge in [0.25, 0.3) is 0 Å². The van der Waals surface area contributed by atoms with Crippen LogP contribution in [0.1, 0.15) is 24.0 Å². The highest BCUT2D eigenvalue weighted by molar-refractivity contribution is 5.52. The quantitative estimate of drug-likeness (QED) is 0.616. The molecule has 3 rings (SSSR count). The summed E-state index contributed by atoms with van der Waals surface area (Å²) in [6.07, 6.45) is 2.16. The van der Waals surface area contributed by atoms with Crippen molar-refractivity contribution in [1.29, 1.82) is 0 Å². The number of piperazine rings is 1. The smallest absolute Gasteiger partial charge is 0.311 e. The maximum Gasteiger partial charge on any atom is 0.311 e. The van der Waals surface area contributed by atoms with E-state index in [1.54, 1.807) is 6.07 Å². The maximum atomic E-state index is 11.2. The lowest BCUT2D eigenvalue weighted by atomic mass is 10.1. The molecule has 120 valence electrons. The number of nitrogens with zero attached hydrogens (tertiary/aromatic N) is 3. The average Bonchev–Trinajstić information content (AvgIpc) is 3.28. The van der Waals surface area contributed by atoms with Crippen molar-refractivity contribution in [3.63, 3.8) is 0 Å². The van der Waals surface area contributed by atoms with E-state index in [0.717, 1.165) is 56.7 Å². The molecule has 1 aromatic rings. The molecule has 0 spiro atoms. The Morgan fingerprint density at radius 1 is 1.27 bits per heavy atom. The van der Waals surface area contributed by atoms with Gasteiger partial charge in [-0.1, -0.05) is 0 Å². The Labute approximate surface area is 130 Å². The van der Waals surface area contributed by atoms with Crippen LogP contribution in [0.2, 0.25) is 0 Å². The third-order valence-electron chi connectivity index (χ3n) is 4.42. The number of nitro benzene ring substituents is 1. The van der Waals surface area contributed by atoms with Crippen LogP contribution in [0.25, 0.3) is 0 Å². The van der Waals surface area contributed by atoms with Gasteiger partial charge in [0.2, 0.25) is 0 Å². The van der Waals surface area contributed by atoms with Gasteiger partial charge < -0.3 is 9.64 Å². The van der Waals surface area contributed by atoms with Gasteiger partial charge in [0.05, 0.1) is 11.0 Å². The molecule has 0 unspecified atom stereocenters. The van der Waals surface area contributed by atoms with E-state index in [0.29, 0.717) is 5.75 Å². The number of benzene rings is 1. The molecule has 0 bridgehead atoms. The number of nitro groups is 1. The second kappa shape index (κ2) is 6.22. The normalized spacial score (nSPS) is 20.1. The van der Waals surface area contributed by atoms with Crippen molar-refractivity contribution in [2.75, 3.05) is 33.2 Å². The Balaban J connectivity index is 1.79. The fourth-order valence-electron chi connectivity index (χ4n) is 2.73. The second-order valence-electron chi connectivity index (χ2n) is 6.40. The van der Waals surface area contributed by atoms with E-state index in [2.05, 4.69) is 16.8 Å². The van der Waals surface area contributed by atoms with Crippen LogP contribution in [-0.2, 0) is 6.54 Å². The van der Waals surface area contributed by atoms with E-state index in [9.17, 15) is 10.1 Å². The summed E-state index contributed by atoms with van der Waals surface area (Å²) in [4.78, 5) is 15.6. The number of hydrogen-bond acceptors (Lipinski definition) is 5. The molecule has 0 radical (unpaired) electrons. The van der Waals surface area contributed by atoms with E-state index in [4.69, 9.17) is 4.74 Å². The average molecular weight is 305 g/mol. The van der Waals surface area contributed by atoms with Crippen LogP contribution < -0.4 is 4.74 Å². The summed E-state index contributed by atoms with van der Waals surface area (Å²) < 4.78 is 5.75. The first-order valence-electron chi connectivity index (χ1n) is 7.88. The van der Waals surface area contributed by atoms with Crippen LogP contribution in [-0.4, -0.2) is 54.1 Å². The third kappa shape index (κ3) is 3.56. The van der Waals surface area contributed by atoms with Gasteiger partial charge in [0.1, 0.15) is 0 Å². The molecule has 1 aliphatic carbocycles. The van der Waals surface area contributed by atoms with Gasteiger partial charge >= 0.3 is 5.69 Å². The lowest BCUT2D eigenvalue weighted by Gasteiger charge is -2.32. The van der Waals surface area contributed by atoms with Crippen molar-refractivity contribution < 1.29 is 9.66 Å². The molecule has 6 nitrogen and oxygen atoms in total. The first-order valence-corrected chi connectivity index (χ1v) is 7.88. The Hall–Kier alpha value is -1.66.